The maximum atomic E-state index is 13.7. The topological polar surface area (TPSA) is 91.0 Å². The van der Waals surface area contributed by atoms with Crippen molar-refractivity contribution >= 4 is 34.2 Å². The Morgan fingerprint density at radius 3 is 2.39 bits per heavy atom. The number of hydrogen-bond acceptors (Lipinski definition) is 6. The Labute approximate surface area is 191 Å². The second-order valence-corrected chi connectivity index (χ2v) is 8.34. The van der Waals surface area contributed by atoms with Gasteiger partial charge in [0.1, 0.15) is 17.1 Å². The molecule has 3 heterocycles. The molecule has 10 heteroatoms. The minimum atomic E-state index is -0.104. The van der Waals surface area contributed by atoms with Crippen molar-refractivity contribution in [1.82, 2.24) is 30.0 Å². The van der Waals surface area contributed by atoms with Crippen LogP contribution in [-0.2, 0) is 13.5 Å². The van der Waals surface area contributed by atoms with Crippen molar-refractivity contribution in [2.24, 2.45) is 7.05 Å². The van der Waals surface area contributed by atoms with Gasteiger partial charge in [0, 0.05) is 28.4 Å². The Balaban J connectivity index is 1.67. The predicted octanol–water partition coefficient (Wildman–Crippen LogP) is 2.88. The SMILES string of the molecule is COc1ccc(-n2nc(-c3nnnn3C)c3c2C(=O)N(c2ccc(I)cc2)CC3)cc1. The lowest BCUT2D eigenvalue weighted by Gasteiger charge is -2.27. The fraction of sp³-hybridized carbons (Fsp3) is 0.190. The van der Waals surface area contributed by atoms with Crippen LogP contribution in [-0.4, -0.2) is 49.5 Å². The molecule has 156 valence electrons. The Bertz CT molecular complexity index is 1260. The average Bonchev–Trinajstić information content (AvgIpc) is 3.38. The molecule has 0 unspecified atom stereocenters. The number of nitrogens with zero attached hydrogens (tertiary/aromatic N) is 7. The molecule has 0 spiro atoms. The number of tetrazole rings is 1. The van der Waals surface area contributed by atoms with Crippen LogP contribution in [0.2, 0.25) is 0 Å². The number of ether oxygens (including phenoxy) is 1. The van der Waals surface area contributed by atoms with Gasteiger partial charge in [0.25, 0.3) is 5.91 Å². The van der Waals surface area contributed by atoms with Crippen molar-refractivity contribution in [1.29, 1.82) is 0 Å². The average molecular weight is 527 g/mol. The van der Waals surface area contributed by atoms with Crippen LogP contribution >= 0.6 is 22.6 Å². The Morgan fingerprint density at radius 2 is 1.74 bits per heavy atom. The molecule has 0 bridgehead atoms. The highest BCUT2D eigenvalue weighted by molar-refractivity contribution is 14.1. The fourth-order valence-corrected chi connectivity index (χ4v) is 4.11. The highest BCUT2D eigenvalue weighted by atomic mass is 127. The zero-order valence-corrected chi connectivity index (χ0v) is 19.0. The van der Waals surface area contributed by atoms with Gasteiger partial charge in [0.05, 0.1) is 12.8 Å². The zero-order chi connectivity index (χ0) is 21.5. The first-order valence-corrected chi connectivity index (χ1v) is 10.7. The van der Waals surface area contributed by atoms with E-state index in [0.29, 0.717) is 30.2 Å². The summed E-state index contributed by atoms with van der Waals surface area (Å²) in [6, 6.07) is 15.4. The quantitative estimate of drug-likeness (QED) is 0.380. The van der Waals surface area contributed by atoms with Crippen molar-refractivity contribution < 1.29 is 9.53 Å². The van der Waals surface area contributed by atoms with Crippen LogP contribution in [0.25, 0.3) is 17.2 Å². The van der Waals surface area contributed by atoms with E-state index in [1.807, 2.05) is 48.5 Å². The van der Waals surface area contributed by atoms with Crippen LogP contribution in [0.1, 0.15) is 16.1 Å². The number of methoxy groups -OCH3 is 1. The van der Waals surface area contributed by atoms with E-state index in [0.717, 1.165) is 26.3 Å². The van der Waals surface area contributed by atoms with Crippen molar-refractivity contribution in [2.75, 3.05) is 18.6 Å². The summed E-state index contributed by atoms with van der Waals surface area (Å²) in [6.07, 6.45) is 0.644. The van der Waals surface area contributed by atoms with Crippen LogP contribution in [0.15, 0.2) is 48.5 Å². The first-order valence-electron chi connectivity index (χ1n) is 9.63. The number of rotatable bonds is 4. The molecule has 0 fully saturated rings. The summed E-state index contributed by atoms with van der Waals surface area (Å²) in [5.41, 5.74) is 3.61. The lowest BCUT2D eigenvalue weighted by Crippen LogP contribution is -2.38. The summed E-state index contributed by atoms with van der Waals surface area (Å²) in [5, 5.41) is 16.6. The van der Waals surface area contributed by atoms with Gasteiger partial charge in [0.2, 0.25) is 5.82 Å². The Hall–Kier alpha value is -3.28. The van der Waals surface area contributed by atoms with Crippen molar-refractivity contribution in [3.63, 3.8) is 0 Å². The lowest BCUT2D eigenvalue weighted by molar-refractivity contribution is 0.0973. The van der Waals surface area contributed by atoms with Gasteiger partial charge in [-0.2, -0.15) is 5.10 Å². The van der Waals surface area contributed by atoms with E-state index >= 15 is 0 Å². The second-order valence-electron chi connectivity index (χ2n) is 7.09. The lowest BCUT2D eigenvalue weighted by atomic mass is 10.0. The van der Waals surface area contributed by atoms with Gasteiger partial charge in [0.15, 0.2) is 0 Å². The molecule has 0 radical (unpaired) electrons. The zero-order valence-electron chi connectivity index (χ0n) is 16.9. The maximum absolute atomic E-state index is 13.7. The number of aryl methyl sites for hydroxylation is 1. The summed E-state index contributed by atoms with van der Waals surface area (Å²) < 4.78 is 9.63. The van der Waals surface area contributed by atoms with Gasteiger partial charge in [-0.25, -0.2) is 9.36 Å². The molecule has 0 saturated carbocycles. The molecular weight excluding hydrogens is 509 g/mol. The third-order valence-corrected chi connectivity index (χ3v) is 6.02. The molecule has 0 saturated heterocycles. The third-order valence-electron chi connectivity index (χ3n) is 5.30. The molecule has 0 aliphatic carbocycles. The van der Waals surface area contributed by atoms with Crippen molar-refractivity contribution in [3.05, 3.63) is 63.4 Å². The molecule has 4 aromatic rings. The number of fused-ring (bicyclic) bond motifs is 1. The van der Waals surface area contributed by atoms with E-state index in [-0.39, 0.29) is 5.91 Å². The Morgan fingerprint density at radius 1 is 1.03 bits per heavy atom. The van der Waals surface area contributed by atoms with Crippen LogP contribution in [0, 0.1) is 3.57 Å². The number of anilines is 1. The smallest absolute Gasteiger partial charge is 0.277 e. The van der Waals surface area contributed by atoms with Gasteiger partial charge in [-0.15, -0.1) is 5.10 Å². The van der Waals surface area contributed by atoms with Gasteiger partial charge in [-0.1, -0.05) is 0 Å². The van der Waals surface area contributed by atoms with E-state index in [1.54, 1.807) is 28.4 Å². The summed E-state index contributed by atoms with van der Waals surface area (Å²) >= 11 is 2.25. The summed E-state index contributed by atoms with van der Waals surface area (Å²) in [5.74, 6) is 1.15. The number of benzene rings is 2. The van der Waals surface area contributed by atoms with E-state index in [1.165, 1.54) is 0 Å². The molecule has 2 aromatic carbocycles. The normalized spacial score (nSPS) is 13.4. The molecule has 2 aromatic heterocycles. The van der Waals surface area contributed by atoms with E-state index in [4.69, 9.17) is 9.84 Å². The number of aromatic nitrogens is 6. The minimum absolute atomic E-state index is 0.104. The molecule has 0 atom stereocenters. The molecule has 31 heavy (non-hydrogen) atoms. The first-order chi connectivity index (χ1) is 15.1. The van der Waals surface area contributed by atoms with Crippen molar-refractivity contribution in [3.8, 4) is 23.0 Å². The summed E-state index contributed by atoms with van der Waals surface area (Å²) in [7, 11) is 3.38. The van der Waals surface area contributed by atoms with Crippen LogP contribution in [0.3, 0.4) is 0 Å². The molecule has 0 N–H and O–H groups in total. The number of amides is 1. The third kappa shape index (κ3) is 3.36. The molecule has 5 rings (SSSR count). The molecule has 1 aliphatic rings. The monoisotopic (exact) mass is 527 g/mol. The Kier molecular flexibility index (Phi) is 4.93. The van der Waals surface area contributed by atoms with Gasteiger partial charge >= 0.3 is 0 Å². The number of halogens is 1. The van der Waals surface area contributed by atoms with Gasteiger partial charge < -0.3 is 9.64 Å². The summed E-state index contributed by atoms with van der Waals surface area (Å²) in [6.45, 7) is 0.555. The van der Waals surface area contributed by atoms with E-state index in [9.17, 15) is 4.79 Å². The predicted molar refractivity (Wildman–Crippen MR) is 122 cm³/mol. The fourth-order valence-electron chi connectivity index (χ4n) is 3.75. The van der Waals surface area contributed by atoms with Crippen molar-refractivity contribution in [2.45, 2.75) is 6.42 Å². The number of carbonyl (C=O) groups excluding carboxylic acids is 1. The molecule has 9 nitrogen and oxygen atoms in total. The molecule has 1 aliphatic heterocycles. The van der Waals surface area contributed by atoms with Gasteiger partial charge in [-0.05, 0) is 88.0 Å². The summed E-state index contributed by atoms with van der Waals surface area (Å²) in [4.78, 5) is 15.5. The number of hydrogen-bond donors (Lipinski definition) is 0. The highest BCUT2D eigenvalue weighted by Crippen LogP contribution is 2.33. The second kappa shape index (κ2) is 7.76. The molecule has 1 amide bonds. The van der Waals surface area contributed by atoms with E-state index < -0.39 is 0 Å². The van der Waals surface area contributed by atoms with E-state index in [2.05, 4.69) is 38.1 Å². The molecular formula is C21H18IN7O2. The maximum Gasteiger partial charge on any atom is 0.277 e. The standard InChI is InChI=1S/C21H18IN7O2/c1-27-20(23-25-26-27)18-17-11-12-28(14-5-3-13(22)4-6-14)21(30)19(17)29(24-18)15-7-9-16(31-2)10-8-15/h3-10H,11-12H2,1-2H3. The largest absolute Gasteiger partial charge is 0.497 e. The minimum Gasteiger partial charge on any atom is -0.497 e. The van der Waals surface area contributed by atoms with Crippen LogP contribution < -0.4 is 9.64 Å². The number of carbonyl (C=O) groups is 1. The van der Waals surface area contributed by atoms with Crippen LogP contribution in [0.4, 0.5) is 5.69 Å². The van der Waals surface area contributed by atoms with Crippen LogP contribution in [0.5, 0.6) is 5.75 Å². The first kappa shape index (κ1) is 19.7. The van der Waals surface area contributed by atoms with Gasteiger partial charge in [-0.3, -0.25) is 4.79 Å². The highest BCUT2D eigenvalue weighted by Gasteiger charge is 2.34.